The van der Waals surface area contributed by atoms with Gasteiger partial charge in [0.05, 0.1) is 10.7 Å². The standard InChI is InChI=1S/C18H17NS/c1-14(12-15-8-4-2-5-9-15)18-19-17(13-20-18)16-10-6-3-7-11-16/h2-11,13-14H,12H2,1H3. The molecule has 2 aromatic carbocycles. The van der Waals surface area contributed by atoms with Crippen LogP contribution in [0.3, 0.4) is 0 Å². The predicted molar refractivity (Wildman–Crippen MR) is 86.1 cm³/mol. The van der Waals surface area contributed by atoms with Crippen molar-refractivity contribution in [3.63, 3.8) is 0 Å². The Labute approximate surface area is 124 Å². The number of hydrogen-bond acceptors (Lipinski definition) is 2. The Kier molecular flexibility index (Phi) is 3.93. The summed E-state index contributed by atoms with van der Waals surface area (Å²) in [6.07, 6.45) is 1.04. The number of benzene rings is 2. The highest BCUT2D eigenvalue weighted by molar-refractivity contribution is 7.10. The maximum atomic E-state index is 4.80. The number of thiazole rings is 1. The second-order valence-corrected chi connectivity index (χ2v) is 5.92. The molecular formula is C18H17NS. The molecule has 0 saturated heterocycles. The van der Waals surface area contributed by atoms with Crippen molar-refractivity contribution in [3.8, 4) is 11.3 Å². The lowest BCUT2D eigenvalue weighted by atomic mass is 10.0. The average Bonchev–Trinajstić information content (AvgIpc) is 2.99. The molecule has 0 radical (unpaired) electrons. The third-order valence-electron chi connectivity index (χ3n) is 3.40. The van der Waals surface area contributed by atoms with Crippen LogP contribution in [0.5, 0.6) is 0 Å². The largest absolute Gasteiger partial charge is 0.241 e. The summed E-state index contributed by atoms with van der Waals surface area (Å²) in [5.74, 6) is 0.458. The summed E-state index contributed by atoms with van der Waals surface area (Å²) >= 11 is 1.76. The fraction of sp³-hybridized carbons (Fsp3) is 0.167. The Morgan fingerprint density at radius 2 is 1.60 bits per heavy atom. The van der Waals surface area contributed by atoms with Crippen LogP contribution < -0.4 is 0 Å². The van der Waals surface area contributed by atoms with E-state index in [9.17, 15) is 0 Å². The normalized spacial score (nSPS) is 12.2. The van der Waals surface area contributed by atoms with E-state index in [0.29, 0.717) is 5.92 Å². The molecule has 0 bridgehead atoms. The van der Waals surface area contributed by atoms with Crippen molar-refractivity contribution in [1.82, 2.24) is 4.98 Å². The van der Waals surface area contributed by atoms with Gasteiger partial charge in [0, 0.05) is 16.9 Å². The SMILES string of the molecule is CC(Cc1ccccc1)c1nc(-c2ccccc2)cs1. The molecule has 20 heavy (non-hydrogen) atoms. The molecule has 0 spiro atoms. The van der Waals surface area contributed by atoms with E-state index < -0.39 is 0 Å². The predicted octanol–water partition coefficient (Wildman–Crippen LogP) is 5.16. The molecule has 0 aliphatic rings. The lowest BCUT2D eigenvalue weighted by molar-refractivity contribution is 0.752. The Balaban J connectivity index is 1.77. The first-order chi connectivity index (χ1) is 9.83. The quantitative estimate of drug-likeness (QED) is 0.643. The third-order valence-corrected chi connectivity index (χ3v) is 4.47. The van der Waals surface area contributed by atoms with Gasteiger partial charge in [-0.1, -0.05) is 67.6 Å². The van der Waals surface area contributed by atoms with Crippen molar-refractivity contribution in [2.75, 3.05) is 0 Å². The molecule has 1 heterocycles. The van der Waals surface area contributed by atoms with E-state index >= 15 is 0 Å². The lowest BCUT2D eigenvalue weighted by Gasteiger charge is -2.07. The van der Waals surface area contributed by atoms with Crippen LogP contribution in [0.2, 0.25) is 0 Å². The number of rotatable bonds is 4. The summed E-state index contributed by atoms with van der Waals surface area (Å²) in [6.45, 7) is 2.25. The third kappa shape index (κ3) is 2.97. The van der Waals surface area contributed by atoms with Gasteiger partial charge in [-0.3, -0.25) is 0 Å². The molecule has 0 fully saturated rings. The van der Waals surface area contributed by atoms with Crippen molar-refractivity contribution < 1.29 is 0 Å². The van der Waals surface area contributed by atoms with Crippen molar-refractivity contribution >= 4 is 11.3 Å². The molecule has 0 N–H and O–H groups in total. The molecule has 0 aliphatic carbocycles. The smallest absolute Gasteiger partial charge is 0.0964 e. The molecule has 3 rings (SSSR count). The van der Waals surface area contributed by atoms with E-state index in [2.05, 4.69) is 66.9 Å². The van der Waals surface area contributed by atoms with Crippen LogP contribution in [0.25, 0.3) is 11.3 Å². The van der Waals surface area contributed by atoms with Gasteiger partial charge in [-0.25, -0.2) is 4.98 Å². The zero-order valence-corrected chi connectivity index (χ0v) is 12.3. The molecule has 0 aliphatic heterocycles. The highest BCUT2D eigenvalue weighted by Crippen LogP contribution is 2.28. The summed E-state index contributed by atoms with van der Waals surface area (Å²) in [7, 11) is 0. The van der Waals surface area contributed by atoms with Gasteiger partial charge < -0.3 is 0 Å². The minimum absolute atomic E-state index is 0.458. The van der Waals surface area contributed by atoms with E-state index in [4.69, 9.17) is 4.98 Å². The molecule has 0 amide bonds. The van der Waals surface area contributed by atoms with Crippen LogP contribution in [-0.2, 0) is 6.42 Å². The Morgan fingerprint density at radius 1 is 0.950 bits per heavy atom. The minimum Gasteiger partial charge on any atom is -0.241 e. The van der Waals surface area contributed by atoms with Gasteiger partial charge in [0.2, 0.25) is 0 Å². The topological polar surface area (TPSA) is 12.9 Å². The molecule has 1 atom stereocenters. The van der Waals surface area contributed by atoms with Gasteiger partial charge in [-0.05, 0) is 12.0 Å². The lowest BCUT2D eigenvalue weighted by Crippen LogP contribution is -1.97. The monoisotopic (exact) mass is 279 g/mol. The Morgan fingerprint density at radius 3 is 2.30 bits per heavy atom. The molecule has 1 unspecified atom stereocenters. The van der Waals surface area contributed by atoms with Crippen LogP contribution in [0.1, 0.15) is 23.4 Å². The zero-order chi connectivity index (χ0) is 13.8. The van der Waals surface area contributed by atoms with Crippen LogP contribution in [0.15, 0.2) is 66.0 Å². The van der Waals surface area contributed by atoms with E-state index in [0.717, 1.165) is 12.1 Å². The van der Waals surface area contributed by atoms with Crippen LogP contribution in [0.4, 0.5) is 0 Å². The van der Waals surface area contributed by atoms with Gasteiger partial charge in [0.15, 0.2) is 0 Å². The fourth-order valence-electron chi connectivity index (χ4n) is 2.31. The first-order valence-electron chi connectivity index (χ1n) is 6.87. The summed E-state index contributed by atoms with van der Waals surface area (Å²) in [6, 6.07) is 21.0. The highest BCUT2D eigenvalue weighted by atomic mass is 32.1. The molecule has 100 valence electrons. The van der Waals surface area contributed by atoms with Gasteiger partial charge in [0.1, 0.15) is 0 Å². The zero-order valence-electron chi connectivity index (χ0n) is 11.5. The molecular weight excluding hydrogens is 262 g/mol. The van der Waals surface area contributed by atoms with Crippen molar-refractivity contribution in [2.45, 2.75) is 19.3 Å². The van der Waals surface area contributed by atoms with Crippen molar-refractivity contribution in [2.24, 2.45) is 0 Å². The van der Waals surface area contributed by atoms with Crippen molar-refractivity contribution in [3.05, 3.63) is 76.6 Å². The van der Waals surface area contributed by atoms with Gasteiger partial charge in [-0.15, -0.1) is 11.3 Å². The molecule has 0 saturated carbocycles. The van der Waals surface area contributed by atoms with E-state index in [-0.39, 0.29) is 0 Å². The maximum Gasteiger partial charge on any atom is 0.0964 e. The number of aromatic nitrogens is 1. The first-order valence-corrected chi connectivity index (χ1v) is 7.75. The minimum atomic E-state index is 0.458. The van der Waals surface area contributed by atoms with Gasteiger partial charge in [0.25, 0.3) is 0 Å². The summed E-state index contributed by atoms with van der Waals surface area (Å²) < 4.78 is 0. The van der Waals surface area contributed by atoms with Gasteiger partial charge >= 0.3 is 0 Å². The maximum absolute atomic E-state index is 4.80. The van der Waals surface area contributed by atoms with Crippen LogP contribution in [-0.4, -0.2) is 4.98 Å². The summed E-state index contributed by atoms with van der Waals surface area (Å²) in [5.41, 5.74) is 3.66. The van der Waals surface area contributed by atoms with E-state index in [1.54, 1.807) is 11.3 Å². The second-order valence-electron chi connectivity index (χ2n) is 5.03. The Bertz CT molecular complexity index is 658. The van der Waals surface area contributed by atoms with E-state index in [1.807, 2.05) is 6.07 Å². The summed E-state index contributed by atoms with van der Waals surface area (Å²) in [4.78, 5) is 4.80. The molecule has 2 heteroatoms. The van der Waals surface area contributed by atoms with Crippen molar-refractivity contribution in [1.29, 1.82) is 0 Å². The number of hydrogen-bond donors (Lipinski definition) is 0. The molecule has 1 aromatic heterocycles. The second kappa shape index (κ2) is 6.02. The highest BCUT2D eigenvalue weighted by Gasteiger charge is 2.12. The molecule has 3 aromatic rings. The molecule has 1 nitrogen and oxygen atoms in total. The summed E-state index contributed by atoms with van der Waals surface area (Å²) in [5, 5.41) is 3.37. The van der Waals surface area contributed by atoms with Gasteiger partial charge in [-0.2, -0.15) is 0 Å². The first kappa shape index (κ1) is 13.1. The van der Waals surface area contributed by atoms with Crippen LogP contribution >= 0.6 is 11.3 Å². The van der Waals surface area contributed by atoms with E-state index in [1.165, 1.54) is 16.1 Å². The van der Waals surface area contributed by atoms with Crippen LogP contribution in [0, 0.1) is 0 Å². The average molecular weight is 279 g/mol. The Hall–Kier alpha value is -1.93. The number of nitrogens with zero attached hydrogens (tertiary/aromatic N) is 1. The fourth-order valence-corrected chi connectivity index (χ4v) is 3.20.